The minimum absolute atomic E-state index is 0. The summed E-state index contributed by atoms with van der Waals surface area (Å²) in [5, 5.41) is 6.83. The highest BCUT2D eigenvalue weighted by Crippen LogP contribution is 2.24. The number of likely N-dealkylation sites (N-methyl/N-ethyl adjacent to an activating group) is 1. The molecule has 0 aliphatic carbocycles. The average molecular weight is 473 g/mol. The molecule has 0 radical (unpaired) electrons. The van der Waals surface area contributed by atoms with Gasteiger partial charge in [-0.2, -0.15) is 0 Å². The van der Waals surface area contributed by atoms with E-state index in [-0.39, 0.29) is 29.5 Å². The number of nitrogens with one attached hydrogen (secondary N) is 2. The molecule has 1 aromatic carbocycles. The molecule has 0 spiro atoms. The van der Waals surface area contributed by atoms with Gasteiger partial charge < -0.3 is 15.5 Å². The quantitative estimate of drug-likeness (QED) is 0.299. The summed E-state index contributed by atoms with van der Waals surface area (Å²) in [7, 11) is 4.05. The maximum absolute atomic E-state index is 4.30. The van der Waals surface area contributed by atoms with Gasteiger partial charge in [0.1, 0.15) is 0 Å². The van der Waals surface area contributed by atoms with Gasteiger partial charge in [0.05, 0.1) is 0 Å². The van der Waals surface area contributed by atoms with Gasteiger partial charge in [0.25, 0.3) is 0 Å². The highest BCUT2D eigenvalue weighted by Gasteiger charge is 2.25. The van der Waals surface area contributed by atoms with E-state index in [2.05, 4.69) is 83.6 Å². The Balaban J connectivity index is 0.00000338. The Hall–Kier alpha value is -0.860. The number of aliphatic imine (C=N–C) groups is 1. The van der Waals surface area contributed by atoms with Crippen molar-refractivity contribution in [2.45, 2.75) is 38.8 Å². The summed E-state index contributed by atoms with van der Waals surface area (Å²) in [6, 6.07) is 11.4. The number of benzene rings is 1. The average Bonchev–Trinajstić information content (AvgIpc) is 2.58. The predicted molar refractivity (Wildman–Crippen MR) is 123 cm³/mol. The van der Waals surface area contributed by atoms with Crippen LogP contribution in [0.5, 0.6) is 0 Å². The van der Waals surface area contributed by atoms with Crippen LogP contribution in [0.3, 0.4) is 0 Å². The van der Waals surface area contributed by atoms with Crippen molar-refractivity contribution in [3.8, 4) is 0 Å². The first-order chi connectivity index (χ1) is 11.9. The molecule has 0 amide bonds. The van der Waals surface area contributed by atoms with Gasteiger partial charge >= 0.3 is 0 Å². The maximum atomic E-state index is 4.30. The third kappa shape index (κ3) is 7.80. The molecule has 1 aliphatic rings. The van der Waals surface area contributed by atoms with E-state index >= 15 is 0 Å². The normalized spacial score (nSPS) is 19.7. The summed E-state index contributed by atoms with van der Waals surface area (Å²) >= 11 is 0. The molecule has 148 valence electrons. The van der Waals surface area contributed by atoms with Crippen LogP contribution in [0.15, 0.2) is 35.3 Å². The van der Waals surface area contributed by atoms with Gasteiger partial charge in [0, 0.05) is 51.4 Å². The Labute approximate surface area is 176 Å². The van der Waals surface area contributed by atoms with E-state index in [0.29, 0.717) is 6.04 Å². The second-order valence-corrected chi connectivity index (χ2v) is 7.95. The molecule has 1 fully saturated rings. The number of guanidine groups is 1. The molecule has 1 aliphatic heterocycles. The van der Waals surface area contributed by atoms with Crippen LogP contribution in [0, 0.1) is 0 Å². The van der Waals surface area contributed by atoms with Crippen LogP contribution in [0.1, 0.15) is 38.8 Å². The van der Waals surface area contributed by atoms with E-state index in [1.54, 1.807) is 0 Å². The van der Waals surface area contributed by atoms with Gasteiger partial charge in [-0.25, -0.2) is 0 Å². The zero-order valence-electron chi connectivity index (χ0n) is 17.0. The lowest BCUT2D eigenvalue weighted by atomic mass is 10.0. The van der Waals surface area contributed by atoms with Crippen LogP contribution in [0.4, 0.5) is 0 Å². The molecular weight excluding hydrogens is 437 g/mol. The molecule has 6 heteroatoms. The van der Waals surface area contributed by atoms with Crippen molar-refractivity contribution in [2.24, 2.45) is 4.99 Å². The molecule has 2 N–H and O–H groups in total. The fraction of sp³-hybridized carbons (Fsp3) is 0.650. The second-order valence-electron chi connectivity index (χ2n) is 7.95. The van der Waals surface area contributed by atoms with E-state index in [1.165, 1.54) is 5.56 Å². The van der Waals surface area contributed by atoms with E-state index in [4.69, 9.17) is 0 Å². The molecule has 1 unspecified atom stereocenters. The van der Waals surface area contributed by atoms with Gasteiger partial charge in [-0.15, -0.1) is 24.0 Å². The lowest BCUT2D eigenvalue weighted by Crippen LogP contribution is -2.49. The van der Waals surface area contributed by atoms with E-state index in [0.717, 1.165) is 45.1 Å². The van der Waals surface area contributed by atoms with Crippen molar-refractivity contribution in [3.63, 3.8) is 0 Å². The van der Waals surface area contributed by atoms with Crippen molar-refractivity contribution >= 4 is 29.9 Å². The van der Waals surface area contributed by atoms with Gasteiger partial charge in [0.15, 0.2) is 5.96 Å². The monoisotopic (exact) mass is 473 g/mol. The van der Waals surface area contributed by atoms with Crippen LogP contribution in [-0.2, 0) is 0 Å². The van der Waals surface area contributed by atoms with E-state index in [9.17, 15) is 0 Å². The van der Waals surface area contributed by atoms with Crippen LogP contribution >= 0.6 is 24.0 Å². The van der Waals surface area contributed by atoms with Crippen LogP contribution in [-0.4, -0.2) is 68.1 Å². The molecule has 5 nitrogen and oxygen atoms in total. The molecule has 0 bridgehead atoms. The Kier molecular flexibility index (Phi) is 9.89. The third-order valence-electron chi connectivity index (χ3n) is 4.51. The molecule has 1 heterocycles. The van der Waals surface area contributed by atoms with Crippen molar-refractivity contribution in [1.82, 2.24) is 20.4 Å². The van der Waals surface area contributed by atoms with E-state index in [1.807, 2.05) is 7.05 Å². The number of nitrogens with zero attached hydrogens (tertiary/aromatic N) is 3. The Bertz CT molecular complexity index is 541. The Morgan fingerprint density at radius 3 is 2.50 bits per heavy atom. The fourth-order valence-electron chi connectivity index (χ4n) is 3.24. The lowest BCUT2D eigenvalue weighted by Gasteiger charge is -2.40. The van der Waals surface area contributed by atoms with Gasteiger partial charge in [-0.3, -0.25) is 9.89 Å². The van der Waals surface area contributed by atoms with Gasteiger partial charge in [0.2, 0.25) is 0 Å². The molecule has 2 rings (SSSR count). The second kappa shape index (κ2) is 11.1. The smallest absolute Gasteiger partial charge is 0.191 e. The topological polar surface area (TPSA) is 42.9 Å². The van der Waals surface area contributed by atoms with Crippen molar-refractivity contribution in [2.75, 3.05) is 46.8 Å². The summed E-state index contributed by atoms with van der Waals surface area (Å²) in [4.78, 5) is 9.36. The molecule has 1 atom stereocenters. The number of piperazine rings is 1. The number of hydrogen-bond donors (Lipinski definition) is 2. The lowest BCUT2D eigenvalue weighted by molar-refractivity contribution is 0.0891. The molecule has 1 aromatic rings. The highest BCUT2D eigenvalue weighted by molar-refractivity contribution is 14.0. The standard InChI is InChI=1S/C20H35N5.HI/c1-20(2,3)23-19(21-4)22-12-9-13-25-15-14-24(5)16-18(25)17-10-7-6-8-11-17;/h6-8,10-11,18H,9,12-16H2,1-5H3,(H2,21,22,23);1H. The number of rotatable bonds is 5. The molecular formula is C20H36IN5. The summed E-state index contributed by atoms with van der Waals surface area (Å²) in [5.41, 5.74) is 1.45. The van der Waals surface area contributed by atoms with Crippen LogP contribution in [0.25, 0.3) is 0 Å². The molecule has 1 saturated heterocycles. The Morgan fingerprint density at radius 1 is 1.19 bits per heavy atom. The summed E-state index contributed by atoms with van der Waals surface area (Å²) < 4.78 is 0. The predicted octanol–water partition coefficient (Wildman–Crippen LogP) is 2.95. The zero-order valence-corrected chi connectivity index (χ0v) is 19.3. The fourth-order valence-corrected chi connectivity index (χ4v) is 3.24. The SMILES string of the molecule is CN=C(NCCCN1CCN(C)CC1c1ccccc1)NC(C)(C)C.I. The third-order valence-corrected chi connectivity index (χ3v) is 4.51. The molecule has 0 saturated carbocycles. The minimum atomic E-state index is 0. The summed E-state index contributed by atoms with van der Waals surface area (Å²) in [5.74, 6) is 0.880. The largest absolute Gasteiger partial charge is 0.356 e. The van der Waals surface area contributed by atoms with Crippen molar-refractivity contribution in [3.05, 3.63) is 35.9 Å². The molecule has 26 heavy (non-hydrogen) atoms. The first kappa shape index (κ1) is 23.2. The van der Waals surface area contributed by atoms with Gasteiger partial charge in [-0.05, 0) is 39.8 Å². The minimum Gasteiger partial charge on any atom is -0.356 e. The maximum Gasteiger partial charge on any atom is 0.191 e. The van der Waals surface area contributed by atoms with E-state index < -0.39 is 0 Å². The Morgan fingerprint density at radius 2 is 1.88 bits per heavy atom. The number of halogens is 1. The van der Waals surface area contributed by atoms with Crippen LogP contribution < -0.4 is 10.6 Å². The van der Waals surface area contributed by atoms with Crippen molar-refractivity contribution in [1.29, 1.82) is 0 Å². The summed E-state index contributed by atoms with van der Waals surface area (Å²) in [6.07, 6.45) is 1.11. The van der Waals surface area contributed by atoms with Crippen LogP contribution in [0.2, 0.25) is 0 Å². The summed E-state index contributed by atoms with van der Waals surface area (Å²) in [6.45, 7) is 11.9. The first-order valence-electron chi connectivity index (χ1n) is 9.35. The first-order valence-corrected chi connectivity index (χ1v) is 9.35. The van der Waals surface area contributed by atoms with Gasteiger partial charge in [-0.1, -0.05) is 30.3 Å². The molecule has 0 aromatic heterocycles. The number of hydrogen-bond acceptors (Lipinski definition) is 3. The zero-order chi connectivity index (χ0) is 18.3. The van der Waals surface area contributed by atoms with Crippen molar-refractivity contribution < 1.29 is 0 Å². The highest BCUT2D eigenvalue weighted by atomic mass is 127.